The van der Waals surface area contributed by atoms with E-state index in [4.69, 9.17) is 0 Å². The third-order valence-electron chi connectivity index (χ3n) is 2.29. The molecule has 1 N–H and O–H groups in total. The van der Waals surface area contributed by atoms with Crippen LogP contribution in [0, 0.1) is 5.38 Å². The van der Waals surface area contributed by atoms with Crippen LogP contribution in [0.4, 0.5) is 0 Å². The maximum Gasteiger partial charge on any atom is 0.0542 e. The standard InChI is InChI=1S/C12H8NS/c1-2-4-11-9(3-1)7-12(13-11)10-5-6-14-8-10/h1-7,13H. The summed E-state index contributed by atoms with van der Waals surface area (Å²) in [6, 6.07) is 12.5. The van der Waals surface area contributed by atoms with Gasteiger partial charge in [-0.1, -0.05) is 18.2 Å². The van der Waals surface area contributed by atoms with E-state index in [-0.39, 0.29) is 0 Å². The van der Waals surface area contributed by atoms with Crippen molar-refractivity contribution in [2.45, 2.75) is 0 Å². The van der Waals surface area contributed by atoms with Crippen molar-refractivity contribution in [3.63, 3.8) is 0 Å². The van der Waals surface area contributed by atoms with Crippen LogP contribution in [0.2, 0.25) is 0 Å². The van der Waals surface area contributed by atoms with Crippen LogP contribution in [0.5, 0.6) is 0 Å². The van der Waals surface area contributed by atoms with Crippen molar-refractivity contribution in [3.8, 4) is 11.3 Å². The number of para-hydroxylation sites is 1. The van der Waals surface area contributed by atoms with E-state index in [1.807, 2.05) is 11.4 Å². The topological polar surface area (TPSA) is 15.8 Å². The van der Waals surface area contributed by atoms with Crippen LogP contribution in [0.1, 0.15) is 0 Å². The fourth-order valence-corrected chi connectivity index (χ4v) is 2.17. The van der Waals surface area contributed by atoms with Crippen LogP contribution < -0.4 is 0 Å². The van der Waals surface area contributed by atoms with Crippen molar-refractivity contribution in [1.29, 1.82) is 0 Å². The van der Waals surface area contributed by atoms with Crippen molar-refractivity contribution in [2.75, 3.05) is 0 Å². The molecular weight excluding hydrogens is 190 g/mol. The second-order valence-electron chi connectivity index (χ2n) is 3.21. The Morgan fingerprint density at radius 1 is 1.14 bits per heavy atom. The predicted octanol–water partition coefficient (Wildman–Crippen LogP) is 3.70. The van der Waals surface area contributed by atoms with E-state index in [1.165, 1.54) is 10.9 Å². The molecule has 3 aromatic rings. The molecule has 0 fully saturated rings. The quantitative estimate of drug-likeness (QED) is 0.613. The summed E-state index contributed by atoms with van der Waals surface area (Å²) in [4.78, 5) is 3.37. The van der Waals surface area contributed by atoms with Crippen LogP contribution in [-0.4, -0.2) is 4.98 Å². The first-order valence-corrected chi connectivity index (χ1v) is 5.35. The van der Waals surface area contributed by atoms with Crippen LogP contribution >= 0.6 is 11.3 Å². The van der Waals surface area contributed by atoms with Crippen LogP contribution in [0.3, 0.4) is 0 Å². The zero-order valence-corrected chi connectivity index (χ0v) is 8.27. The molecule has 0 amide bonds. The largest absolute Gasteiger partial charge is 0.354 e. The van der Waals surface area contributed by atoms with E-state index < -0.39 is 0 Å². The number of hydrogen-bond acceptors (Lipinski definition) is 1. The van der Waals surface area contributed by atoms with Gasteiger partial charge in [0.25, 0.3) is 0 Å². The molecular formula is C12H8NS. The van der Waals surface area contributed by atoms with E-state index in [9.17, 15) is 0 Å². The second-order valence-corrected chi connectivity index (χ2v) is 3.92. The summed E-state index contributed by atoms with van der Waals surface area (Å²) in [5, 5.41) is 6.52. The highest BCUT2D eigenvalue weighted by Gasteiger charge is 2.02. The number of rotatable bonds is 1. The SMILES string of the molecule is [c]1sccc1-c1cc2ccccc2[nH]1. The Morgan fingerprint density at radius 2 is 2.07 bits per heavy atom. The molecule has 2 aromatic heterocycles. The minimum atomic E-state index is 1.14. The molecule has 0 unspecified atom stereocenters. The number of nitrogens with one attached hydrogen (secondary N) is 1. The van der Waals surface area contributed by atoms with Gasteiger partial charge in [-0.05, 0) is 23.6 Å². The maximum absolute atomic E-state index is 3.37. The van der Waals surface area contributed by atoms with Crippen LogP contribution in [-0.2, 0) is 0 Å². The van der Waals surface area contributed by atoms with Crippen molar-refractivity contribution >= 4 is 22.2 Å². The molecule has 14 heavy (non-hydrogen) atoms. The normalized spacial score (nSPS) is 10.9. The van der Waals surface area contributed by atoms with Gasteiger partial charge in [-0.2, -0.15) is 0 Å². The molecule has 0 aliphatic carbocycles. The average Bonchev–Trinajstić information content (AvgIpc) is 2.86. The molecule has 0 saturated heterocycles. The highest BCUT2D eigenvalue weighted by atomic mass is 32.1. The predicted molar refractivity (Wildman–Crippen MR) is 60.4 cm³/mol. The van der Waals surface area contributed by atoms with E-state index in [1.54, 1.807) is 11.3 Å². The summed E-state index contributed by atoms with van der Waals surface area (Å²) >= 11 is 1.60. The minimum Gasteiger partial charge on any atom is -0.354 e. The number of thiophene rings is 1. The molecule has 0 bridgehead atoms. The zero-order valence-electron chi connectivity index (χ0n) is 7.45. The Kier molecular flexibility index (Phi) is 1.67. The first kappa shape index (κ1) is 7.83. The Labute approximate surface area is 86.0 Å². The molecule has 1 radical (unpaired) electrons. The van der Waals surface area contributed by atoms with E-state index in [2.05, 4.69) is 40.7 Å². The van der Waals surface area contributed by atoms with Gasteiger partial charge in [0.15, 0.2) is 0 Å². The Hall–Kier alpha value is -1.54. The van der Waals surface area contributed by atoms with Gasteiger partial charge < -0.3 is 4.98 Å². The fourth-order valence-electron chi connectivity index (χ4n) is 1.60. The van der Waals surface area contributed by atoms with Gasteiger partial charge >= 0.3 is 0 Å². The van der Waals surface area contributed by atoms with Gasteiger partial charge in [-0.25, -0.2) is 0 Å². The summed E-state index contributed by atoms with van der Waals surface area (Å²) in [7, 11) is 0. The second kappa shape index (κ2) is 3.00. The maximum atomic E-state index is 3.37. The zero-order chi connectivity index (χ0) is 9.38. The van der Waals surface area contributed by atoms with Gasteiger partial charge in [-0.15, -0.1) is 11.3 Å². The number of hydrogen-bond donors (Lipinski definition) is 1. The first-order chi connectivity index (χ1) is 6.93. The first-order valence-electron chi connectivity index (χ1n) is 4.47. The molecule has 1 aromatic carbocycles. The summed E-state index contributed by atoms with van der Waals surface area (Å²) in [6.07, 6.45) is 0. The molecule has 0 aliphatic heterocycles. The Morgan fingerprint density at radius 3 is 2.86 bits per heavy atom. The van der Waals surface area contributed by atoms with Crippen molar-refractivity contribution in [1.82, 2.24) is 4.98 Å². The monoisotopic (exact) mass is 198 g/mol. The van der Waals surface area contributed by atoms with Crippen molar-refractivity contribution < 1.29 is 0 Å². The number of aromatic amines is 1. The molecule has 0 spiro atoms. The summed E-state index contributed by atoms with van der Waals surface area (Å²) in [5.41, 5.74) is 3.47. The molecule has 0 aliphatic rings. The lowest BCUT2D eigenvalue weighted by molar-refractivity contribution is 1.47. The van der Waals surface area contributed by atoms with Crippen LogP contribution in [0.15, 0.2) is 41.8 Å². The van der Waals surface area contributed by atoms with Crippen molar-refractivity contribution in [3.05, 3.63) is 47.2 Å². The van der Waals surface area contributed by atoms with E-state index >= 15 is 0 Å². The molecule has 67 valence electrons. The summed E-state index contributed by atoms with van der Waals surface area (Å²) < 4.78 is 0. The third-order valence-corrected chi connectivity index (χ3v) is 2.90. The lowest BCUT2D eigenvalue weighted by atomic mass is 10.2. The molecule has 2 heteroatoms. The van der Waals surface area contributed by atoms with Gasteiger partial charge in [0.1, 0.15) is 0 Å². The summed E-state index contributed by atoms with van der Waals surface area (Å²) in [6.45, 7) is 0. The van der Waals surface area contributed by atoms with Gasteiger partial charge in [-0.3, -0.25) is 0 Å². The number of aromatic nitrogens is 1. The van der Waals surface area contributed by atoms with Crippen LogP contribution in [0.25, 0.3) is 22.2 Å². The van der Waals surface area contributed by atoms with Gasteiger partial charge in [0, 0.05) is 22.2 Å². The number of H-pyrrole nitrogens is 1. The third kappa shape index (κ3) is 1.16. The summed E-state index contributed by atoms with van der Waals surface area (Å²) in [5.74, 6) is 0. The molecule has 3 rings (SSSR count). The fraction of sp³-hybridized carbons (Fsp3) is 0. The lowest BCUT2D eigenvalue weighted by Gasteiger charge is -1.88. The Bertz CT molecular complexity index is 515. The minimum absolute atomic E-state index is 1.14. The van der Waals surface area contributed by atoms with Crippen molar-refractivity contribution in [2.24, 2.45) is 0 Å². The number of fused-ring (bicyclic) bond motifs is 1. The van der Waals surface area contributed by atoms with Gasteiger partial charge in [0.05, 0.1) is 5.38 Å². The Balaban J connectivity index is 2.24. The number of benzene rings is 1. The van der Waals surface area contributed by atoms with E-state index in [0.29, 0.717) is 0 Å². The average molecular weight is 198 g/mol. The highest BCUT2D eigenvalue weighted by Crippen LogP contribution is 2.24. The molecule has 2 heterocycles. The molecule has 0 atom stereocenters. The molecule has 0 saturated carbocycles. The molecule has 1 nitrogen and oxygen atoms in total. The van der Waals surface area contributed by atoms with Gasteiger partial charge in [0.2, 0.25) is 0 Å². The smallest absolute Gasteiger partial charge is 0.0542 e. The highest BCUT2D eigenvalue weighted by molar-refractivity contribution is 7.07. The van der Waals surface area contributed by atoms with E-state index in [0.717, 1.165) is 11.3 Å². The lowest BCUT2D eigenvalue weighted by Crippen LogP contribution is -1.70.